The number of aldehydes is 1. The van der Waals surface area contributed by atoms with E-state index in [1.807, 2.05) is 6.07 Å². The molecule has 0 aliphatic heterocycles. The van der Waals surface area contributed by atoms with Crippen LogP contribution in [0.4, 0.5) is 0 Å². The Balaban J connectivity index is 2.19. The Kier molecular flexibility index (Phi) is 3.94. The number of hydrogen-bond donors (Lipinski definition) is 0. The second kappa shape index (κ2) is 5.64. The van der Waals surface area contributed by atoms with Crippen LogP contribution in [0, 0.1) is 0 Å². The zero-order chi connectivity index (χ0) is 13.0. The fraction of sp³-hybridized carbons (Fsp3) is 0.0769. The number of halogens is 1. The predicted molar refractivity (Wildman–Crippen MR) is 70.4 cm³/mol. The molecule has 0 saturated heterocycles. The molecule has 1 aromatic heterocycles. The molecule has 0 bridgehead atoms. The van der Waals surface area contributed by atoms with Crippen molar-refractivity contribution in [1.82, 2.24) is 4.98 Å². The van der Waals surface area contributed by atoms with Crippen LogP contribution in [0.2, 0.25) is 0 Å². The van der Waals surface area contributed by atoms with Crippen molar-refractivity contribution in [3.05, 3.63) is 46.7 Å². The van der Waals surface area contributed by atoms with Crippen molar-refractivity contribution < 1.29 is 14.3 Å². The number of hydrogen-bond acceptors (Lipinski definition) is 4. The van der Waals surface area contributed by atoms with E-state index in [4.69, 9.17) is 9.47 Å². The lowest BCUT2D eigenvalue weighted by Crippen LogP contribution is -1.90. The van der Waals surface area contributed by atoms with Crippen molar-refractivity contribution in [3.63, 3.8) is 0 Å². The molecule has 4 nitrogen and oxygen atoms in total. The van der Waals surface area contributed by atoms with Crippen LogP contribution in [0.1, 0.15) is 10.5 Å². The van der Waals surface area contributed by atoms with E-state index < -0.39 is 0 Å². The summed E-state index contributed by atoms with van der Waals surface area (Å²) in [7, 11) is 1.60. The maximum atomic E-state index is 10.5. The lowest BCUT2D eigenvalue weighted by molar-refractivity contribution is 0.111. The number of nitrogens with zero attached hydrogens (tertiary/aromatic N) is 1. The van der Waals surface area contributed by atoms with Gasteiger partial charge in [-0.25, -0.2) is 4.98 Å². The fourth-order valence-corrected chi connectivity index (χ4v) is 1.78. The van der Waals surface area contributed by atoms with Gasteiger partial charge in [0.25, 0.3) is 0 Å². The van der Waals surface area contributed by atoms with Gasteiger partial charge in [-0.15, -0.1) is 0 Å². The van der Waals surface area contributed by atoms with Crippen LogP contribution >= 0.6 is 15.9 Å². The molecule has 18 heavy (non-hydrogen) atoms. The summed E-state index contributed by atoms with van der Waals surface area (Å²) in [5.41, 5.74) is 0.371. The molecule has 0 amide bonds. The van der Waals surface area contributed by atoms with Gasteiger partial charge in [-0.3, -0.25) is 4.79 Å². The van der Waals surface area contributed by atoms with Gasteiger partial charge in [0.1, 0.15) is 22.9 Å². The Hall–Kier alpha value is -1.88. The van der Waals surface area contributed by atoms with E-state index in [1.165, 1.54) is 6.20 Å². The highest BCUT2D eigenvalue weighted by molar-refractivity contribution is 9.10. The van der Waals surface area contributed by atoms with E-state index in [0.29, 0.717) is 23.5 Å². The number of methoxy groups -OCH3 is 1. The van der Waals surface area contributed by atoms with Gasteiger partial charge in [0.2, 0.25) is 0 Å². The zero-order valence-corrected chi connectivity index (χ0v) is 11.2. The molecule has 2 rings (SSSR count). The molecular weight excluding hydrogens is 298 g/mol. The van der Waals surface area contributed by atoms with Crippen LogP contribution in [0.15, 0.2) is 41.0 Å². The third-order valence-electron chi connectivity index (χ3n) is 2.25. The Morgan fingerprint density at radius 2 is 2.00 bits per heavy atom. The largest absolute Gasteiger partial charge is 0.497 e. The van der Waals surface area contributed by atoms with Gasteiger partial charge in [-0.2, -0.15) is 0 Å². The van der Waals surface area contributed by atoms with Crippen LogP contribution in [0.5, 0.6) is 17.2 Å². The highest BCUT2D eigenvalue weighted by Crippen LogP contribution is 2.32. The average Bonchev–Trinajstić information content (AvgIpc) is 2.42. The maximum Gasteiger partial charge on any atom is 0.168 e. The van der Waals surface area contributed by atoms with E-state index in [1.54, 1.807) is 31.4 Å². The molecule has 0 atom stereocenters. The molecular formula is C13H10BrNO3. The number of rotatable bonds is 4. The molecule has 0 fully saturated rings. The Labute approximate surface area is 113 Å². The van der Waals surface area contributed by atoms with Crippen LogP contribution < -0.4 is 9.47 Å². The first-order valence-corrected chi connectivity index (χ1v) is 5.95. The zero-order valence-electron chi connectivity index (χ0n) is 9.59. The Morgan fingerprint density at radius 1 is 1.22 bits per heavy atom. The third-order valence-corrected chi connectivity index (χ3v) is 2.87. The predicted octanol–water partition coefficient (Wildman–Crippen LogP) is 3.46. The van der Waals surface area contributed by atoms with Gasteiger partial charge in [0.15, 0.2) is 6.29 Å². The van der Waals surface area contributed by atoms with E-state index in [2.05, 4.69) is 20.9 Å². The molecule has 0 unspecified atom stereocenters. The topological polar surface area (TPSA) is 48.4 Å². The molecule has 0 aliphatic carbocycles. The number of pyridine rings is 1. The van der Waals surface area contributed by atoms with Gasteiger partial charge in [-0.05, 0) is 46.3 Å². The van der Waals surface area contributed by atoms with Crippen LogP contribution in [-0.4, -0.2) is 18.4 Å². The standard InChI is InChI=1S/C13H10BrNO3/c1-17-10-4-5-13(12(14)6-10)18-11-3-2-9(8-16)15-7-11/h2-8H,1H3. The summed E-state index contributed by atoms with van der Waals surface area (Å²) in [6.45, 7) is 0. The molecule has 0 spiro atoms. The highest BCUT2D eigenvalue weighted by atomic mass is 79.9. The smallest absolute Gasteiger partial charge is 0.168 e. The maximum absolute atomic E-state index is 10.5. The van der Waals surface area contributed by atoms with Gasteiger partial charge in [0, 0.05) is 0 Å². The van der Waals surface area contributed by atoms with Crippen molar-refractivity contribution in [1.29, 1.82) is 0 Å². The highest BCUT2D eigenvalue weighted by Gasteiger charge is 2.05. The van der Waals surface area contributed by atoms with Crippen LogP contribution in [0.25, 0.3) is 0 Å². The SMILES string of the molecule is COc1ccc(Oc2ccc(C=O)nc2)c(Br)c1. The van der Waals surface area contributed by atoms with E-state index in [0.717, 1.165) is 10.2 Å². The molecule has 0 aliphatic rings. The molecule has 2 aromatic rings. The number of carbonyl (C=O) groups excluding carboxylic acids is 1. The van der Waals surface area contributed by atoms with E-state index in [9.17, 15) is 4.79 Å². The minimum absolute atomic E-state index is 0.371. The first-order chi connectivity index (χ1) is 8.72. The summed E-state index contributed by atoms with van der Waals surface area (Å²) in [5.74, 6) is 1.95. The first kappa shape index (κ1) is 12.6. The second-order valence-corrected chi connectivity index (χ2v) is 4.29. The van der Waals surface area contributed by atoms with Crippen LogP contribution in [0.3, 0.4) is 0 Å². The average molecular weight is 308 g/mol. The molecule has 0 saturated carbocycles. The summed E-state index contributed by atoms with van der Waals surface area (Å²) in [6, 6.07) is 8.68. The molecule has 1 aromatic carbocycles. The molecule has 5 heteroatoms. The van der Waals surface area contributed by atoms with Gasteiger partial charge in [-0.1, -0.05) is 0 Å². The second-order valence-electron chi connectivity index (χ2n) is 3.44. The van der Waals surface area contributed by atoms with Crippen molar-refractivity contribution in [2.45, 2.75) is 0 Å². The van der Waals surface area contributed by atoms with Crippen molar-refractivity contribution in [2.75, 3.05) is 7.11 Å². The summed E-state index contributed by atoms with van der Waals surface area (Å²) >= 11 is 3.39. The van der Waals surface area contributed by atoms with Gasteiger partial charge >= 0.3 is 0 Å². The number of benzene rings is 1. The van der Waals surface area contributed by atoms with Gasteiger partial charge < -0.3 is 9.47 Å². The quantitative estimate of drug-likeness (QED) is 0.812. The normalized spacial score (nSPS) is 9.89. The third kappa shape index (κ3) is 2.87. The van der Waals surface area contributed by atoms with Crippen molar-refractivity contribution in [3.8, 4) is 17.2 Å². The minimum Gasteiger partial charge on any atom is -0.497 e. The van der Waals surface area contributed by atoms with Crippen molar-refractivity contribution in [2.24, 2.45) is 0 Å². The van der Waals surface area contributed by atoms with Crippen LogP contribution in [-0.2, 0) is 0 Å². The van der Waals surface area contributed by atoms with Crippen molar-refractivity contribution >= 4 is 22.2 Å². The molecule has 92 valence electrons. The first-order valence-electron chi connectivity index (χ1n) is 5.15. The lowest BCUT2D eigenvalue weighted by atomic mass is 10.3. The van der Waals surface area contributed by atoms with Gasteiger partial charge in [0.05, 0.1) is 17.8 Å². The summed E-state index contributed by atoms with van der Waals surface area (Å²) < 4.78 is 11.5. The fourth-order valence-electron chi connectivity index (χ4n) is 1.34. The molecule has 0 N–H and O–H groups in total. The Morgan fingerprint density at radius 3 is 2.56 bits per heavy atom. The molecule has 1 heterocycles. The minimum atomic E-state index is 0.371. The lowest BCUT2D eigenvalue weighted by Gasteiger charge is -2.08. The van der Waals surface area contributed by atoms with E-state index in [-0.39, 0.29) is 0 Å². The summed E-state index contributed by atoms with van der Waals surface area (Å²) in [5, 5.41) is 0. The van der Waals surface area contributed by atoms with E-state index >= 15 is 0 Å². The number of carbonyl (C=O) groups is 1. The summed E-state index contributed by atoms with van der Waals surface area (Å²) in [4.78, 5) is 14.4. The Bertz CT molecular complexity index is 555. The number of ether oxygens (including phenoxy) is 2. The molecule has 0 radical (unpaired) electrons. The summed E-state index contributed by atoms with van der Waals surface area (Å²) in [6.07, 6.45) is 2.19. The number of aromatic nitrogens is 1. The monoisotopic (exact) mass is 307 g/mol.